The van der Waals surface area contributed by atoms with Crippen molar-refractivity contribution in [2.75, 3.05) is 5.32 Å². The summed E-state index contributed by atoms with van der Waals surface area (Å²) in [7, 11) is 0. The van der Waals surface area contributed by atoms with Crippen molar-refractivity contribution < 1.29 is 9.59 Å². The number of carbonyl (C=O) groups excluding carboxylic acids is 2. The highest BCUT2D eigenvalue weighted by Crippen LogP contribution is 2.19. The van der Waals surface area contributed by atoms with Crippen LogP contribution in [0.3, 0.4) is 0 Å². The van der Waals surface area contributed by atoms with Gasteiger partial charge in [0.25, 0.3) is 0 Å². The minimum absolute atomic E-state index is 0.0535. The van der Waals surface area contributed by atoms with Gasteiger partial charge in [0.05, 0.1) is 0 Å². The Kier molecular flexibility index (Phi) is 6.84. The third kappa shape index (κ3) is 4.59. The average molecular weight is 331 g/mol. The van der Waals surface area contributed by atoms with Crippen LogP contribution in [-0.4, -0.2) is 31.3 Å². The molecule has 0 saturated heterocycles. The van der Waals surface area contributed by atoms with Crippen LogP contribution in [0.25, 0.3) is 11.2 Å². The van der Waals surface area contributed by atoms with E-state index in [1.165, 1.54) is 17.2 Å². The number of nitrogens with zero attached hydrogens (tertiary/aromatic N) is 4. The molecule has 0 spiro atoms. The van der Waals surface area contributed by atoms with Gasteiger partial charge in [-0.3, -0.25) is 14.2 Å². The van der Waals surface area contributed by atoms with Crippen LogP contribution in [0.1, 0.15) is 70.0 Å². The third-order valence-corrected chi connectivity index (χ3v) is 3.87. The van der Waals surface area contributed by atoms with Crippen molar-refractivity contribution in [3.63, 3.8) is 0 Å². The lowest BCUT2D eigenvalue weighted by atomic mass is 10.2. The Morgan fingerprint density at radius 3 is 2.42 bits per heavy atom. The van der Waals surface area contributed by atoms with E-state index in [1.807, 2.05) is 0 Å². The van der Waals surface area contributed by atoms with E-state index in [9.17, 15) is 9.59 Å². The molecule has 7 heteroatoms. The number of anilines is 1. The molecule has 2 aromatic rings. The van der Waals surface area contributed by atoms with Gasteiger partial charge in [-0.15, -0.1) is 0 Å². The minimum Gasteiger partial charge on any atom is -0.309 e. The summed E-state index contributed by atoms with van der Waals surface area (Å²) >= 11 is 0. The van der Waals surface area contributed by atoms with Gasteiger partial charge in [-0.1, -0.05) is 39.5 Å². The van der Waals surface area contributed by atoms with Crippen molar-refractivity contribution in [2.45, 2.75) is 65.2 Å². The molecule has 0 aliphatic carbocycles. The molecule has 0 fully saturated rings. The molecule has 2 rings (SSSR count). The van der Waals surface area contributed by atoms with Crippen LogP contribution in [-0.2, 0) is 4.79 Å². The fraction of sp³-hybridized carbons (Fsp3) is 0.588. The van der Waals surface area contributed by atoms with Crippen LogP contribution in [0.4, 0.5) is 5.82 Å². The van der Waals surface area contributed by atoms with Gasteiger partial charge in [0.2, 0.25) is 11.8 Å². The van der Waals surface area contributed by atoms with E-state index in [0.717, 1.165) is 38.5 Å². The predicted octanol–water partition coefficient (Wildman–Crippen LogP) is 3.57. The first-order valence-corrected chi connectivity index (χ1v) is 8.68. The van der Waals surface area contributed by atoms with Crippen molar-refractivity contribution >= 4 is 28.8 Å². The summed E-state index contributed by atoms with van der Waals surface area (Å²) in [6, 6.07) is 0. The molecule has 24 heavy (non-hydrogen) atoms. The lowest BCUT2D eigenvalue weighted by molar-refractivity contribution is -0.116. The van der Waals surface area contributed by atoms with Gasteiger partial charge in [-0.25, -0.2) is 15.0 Å². The maximum absolute atomic E-state index is 12.4. The second-order valence-electron chi connectivity index (χ2n) is 5.87. The van der Waals surface area contributed by atoms with Gasteiger partial charge in [-0.2, -0.15) is 0 Å². The first-order chi connectivity index (χ1) is 11.7. The zero-order valence-electron chi connectivity index (χ0n) is 14.4. The lowest BCUT2D eigenvalue weighted by Gasteiger charge is -2.08. The van der Waals surface area contributed by atoms with Crippen molar-refractivity contribution in [3.05, 3.63) is 12.7 Å². The maximum atomic E-state index is 12.4. The molecule has 0 atom stereocenters. The summed E-state index contributed by atoms with van der Waals surface area (Å²) < 4.78 is 1.45. The van der Waals surface area contributed by atoms with Crippen molar-refractivity contribution in [2.24, 2.45) is 0 Å². The van der Waals surface area contributed by atoms with E-state index in [0.29, 0.717) is 29.8 Å². The fourth-order valence-electron chi connectivity index (χ4n) is 2.51. The van der Waals surface area contributed by atoms with Crippen molar-refractivity contribution in [3.8, 4) is 0 Å². The van der Waals surface area contributed by atoms with Crippen LogP contribution in [0.15, 0.2) is 12.7 Å². The Morgan fingerprint density at radius 1 is 1.00 bits per heavy atom. The van der Waals surface area contributed by atoms with Gasteiger partial charge in [0, 0.05) is 12.8 Å². The molecule has 0 aliphatic rings. The van der Waals surface area contributed by atoms with Gasteiger partial charge in [-0.05, 0) is 12.8 Å². The zero-order valence-corrected chi connectivity index (χ0v) is 14.4. The van der Waals surface area contributed by atoms with Crippen LogP contribution in [0.2, 0.25) is 0 Å². The standard InChI is InChI=1S/C17H25N5O2/c1-3-5-7-9-13(23)21-17-15-16(18-11-19-17)20-12-22(15)14(24)10-8-6-4-2/h11-12H,3-10H2,1-2H3,(H,18,19,21,23). The zero-order chi connectivity index (χ0) is 17.4. The number of carbonyl (C=O) groups is 2. The van der Waals surface area contributed by atoms with E-state index in [2.05, 4.69) is 34.1 Å². The molecule has 0 unspecified atom stereocenters. The average Bonchev–Trinajstić information content (AvgIpc) is 3.00. The normalized spacial score (nSPS) is 10.9. The van der Waals surface area contributed by atoms with Crippen LogP contribution >= 0.6 is 0 Å². The number of hydrogen-bond donors (Lipinski definition) is 1. The molecular weight excluding hydrogens is 306 g/mol. The van der Waals surface area contributed by atoms with E-state index in [1.54, 1.807) is 0 Å². The smallest absolute Gasteiger partial charge is 0.232 e. The van der Waals surface area contributed by atoms with E-state index in [-0.39, 0.29) is 11.8 Å². The second-order valence-corrected chi connectivity index (χ2v) is 5.87. The number of aromatic nitrogens is 4. The molecule has 0 radical (unpaired) electrons. The summed E-state index contributed by atoms with van der Waals surface area (Å²) in [6.07, 6.45) is 9.51. The number of rotatable bonds is 9. The molecule has 7 nitrogen and oxygen atoms in total. The first-order valence-electron chi connectivity index (χ1n) is 8.68. The number of fused-ring (bicyclic) bond motifs is 1. The van der Waals surface area contributed by atoms with Gasteiger partial charge in [0.1, 0.15) is 18.2 Å². The molecule has 2 heterocycles. The summed E-state index contributed by atoms with van der Waals surface area (Å²) in [5.41, 5.74) is 0.889. The Balaban J connectivity index is 2.16. The minimum atomic E-state index is -0.102. The number of hydrogen-bond acceptors (Lipinski definition) is 5. The Labute approximate surface area is 141 Å². The van der Waals surface area contributed by atoms with Crippen molar-refractivity contribution in [1.29, 1.82) is 0 Å². The molecule has 1 N–H and O–H groups in total. The van der Waals surface area contributed by atoms with Gasteiger partial charge >= 0.3 is 0 Å². The summed E-state index contributed by atoms with van der Waals surface area (Å²) in [4.78, 5) is 36.8. The van der Waals surface area contributed by atoms with E-state index >= 15 is 0 Å². The summed E-state index contributed by atoms with van der Waals surface area (Å²) in [5.74, 6) is 0.194. The molecule has 0 aliphatic heterocycles. The number of unbranched alkanes of at least 4 members (excludes halogenated alkanes) is 4. The maximum Gasteiger partial charge on any atom is 0.232 e. The highest BCUT2D eigenvalue weighted by Gasteiger charge is 2.16. The molecule has 2 aromatic heterocycles. The summed E-state index contributed by atoms with van der Waals surface area (Å²) in [5, 5.41) is 2.79. The van der Waals surface area contributed by atoms with Gasteiger partial charge < -0.3 is 5.32 Å². The van der Waals surface area contributed by atoms with Crippen LogP contribution in [0.5, 0.6) is 0 Å². The fourth-order valence-corrected chi connectivity index (χ4v) is 2.51. The number of amides is 1. The molecule has 130 valence electrons. The SMILES string of the molecule is CCCCCC(=O)Nc1ncnc2ncn(C(=O)CCCCC)c12. The Morgan fingerprint density at radius 2 is 1.71 bits per heavy atom. The highest BCUT2D eigenvalue weighted by molar-refractivity contribution is 6.00. The molecular formula is C17H25N5O2. The molecule has 0 saturated carbocycles. The Bertz CT molecular complexity index is 695. The second kappa shape index (κ2) is 9.10. The quantitative estimate of drug-likeness (QED) is 0.709. The molecule has 1 amide bonds. The number of imidazole rings is 1. The van der Waals surface area contributed by atoms with E-state index < -0.39 is 0 Å². The van der Waals surface area contributed by atoms with E-state index in [4.69, 9.17) is 0 Å². The topological polar surface area (TPSA) is 89.8 Å². The van der Waals surface area contributed by atoms with Crippen LogP contribution in [0, 0.1) is 0 Å². The predicted molar refractivity (Wildman–Crippen MR) is 92.9 cm³/mol. The molecule has 0 bridgehead atoms. The van der Waals surface area contributed by atoms with Crippen LogP contribution < -0.4 is 5.32 Å². The molecule has 0 aromatic carbocycles. The lowest BCUT2D eigenvalue weighted by Crippen LogP contribution is -2.15. The largest absolute Gasteiger partial charge is 0.309 e. The highest BCUT2D eigenvalue weighted by atomic mass is 16.2. The van der Waals surface area contributed by atoms with Crippen molar-refractivity contribution in [1.82, 2.24) is 19.5 Å². The Hall–Kier alpha value is -2.31. The monoisotopic (exact) mass is 331 g/mol. The van der Waals surface area contributed by atoms with Gasteiger partial charge in [0.15, 0.2) is 11.5 Å². The summed E-state index contributed by atoms with van der Waals surface area (Å²) in [6.45, 7) is 4.19. The first kappa shape index (κ1) is 18.0. The third-order valence-electron chi connectivity index (χ3n) is 3.87. The number of nitrogens with one attached hydrogen (secondary N) is 1.